The highest BCUT2D eigenvalue weighted by Gasteiger charge is 2.24. The van der Waals surface area contributed by atoms with Crippen molar-refractivity contribution in [2.24, 2.45) is 0 Å². The molecule has 3 rings (SSSR count). The number of pyridine rings is 1. The molecule has 0 aliphatic heterocycles. The van der Waals surface area contributed by atoms with E-state index in [0.29, 0.717) is 16.0 Å². The van der Waals surface area contributed by atoms with Crippen LogP contribution >= 0.6 is 15.9 Å². The van der Waals surface area contributed by atoms with Crippen molar-refractivity contribution in [2.75, 3.05) is 13.9 Å². The Morgan fingerprint density at radius 2 is 1.92 bits per heavy atom. The molecule has 2 heterocycles. The zero-order chi connectivity index (χ0) is 18.1. The van der Waals surface area contributed by atoms with Crippen LogP contribution < -0.4 is 9.47 Å². The Morgan fingerprint density at radius 3 is 2.52 bits per heavy atom. The Balaban J connectivity index is 2.36. The lowest BCUT2D eigenvalue weighted by atomic mass is 10.1. The van der Waals surface area contributed by atoms with Crippen molar-refractivity contribution in [1.29, 1.82) is 0 Å². The summed E-state index contributed by atoms with van der Waals surface area (Å²) in [5, 5.41) is 12.9. The molecule has 1 aromatic carbocycles. The van der Waals surface area contributed by atoms with Crippen molar-refractivity contribution in [1.82, 2.24) is 4.57 Å². The molecule has 0 radical (unpaired) electrons. The predicted octanol–water partition coefficient (Wildman–Crippen LogP) is 4.27. The fourth-order valence-electron chi connectivity index (χ4n) is 2.89. The van der Waals surface area contributed by atoms with E-state index in [0.717, 1.165) is 21.2 Å². The van der Waals surface area contributed by atoms with Gasteiger partial charge in [0.1, 0.15) is 11.3 Å². The summed E-state index contributed by atoms with van der Waals surface area (Å²) >= 11 is 3.66. The topological polar surface area (TPSA) is 50.3 Å². The van der Waals surface area contributed by atoms with Crippen molar-refractivity contribution in [3.8, 4) is 11.4 Å². The summed E-state index contributed by atoms with van der Waals surface area (Å²) in [6.07, 6.45) is 2.85. The average molecular weight is 409 g/mol. The van der Waals surface area contributed by atoms with E-state index < -0.39 is 0 Å². The average Bonchev–Trinajstić information content (AvgIpc) is 2.86. The van der Waals surface area contributed by atoms with Gasteiger partial charge >= 0.3 is 0 Å². The zero-order valence-corrected chi connectivity index (χ0v) is 15.7. The zero-order valence-electron chi connectivity index (χ0n) is 14.1. The van der Waals surface area contributed by atoms with E-state index in [4.69, 9.17) is 9.47 Å². The Bertz CT molecular complexity index is 907. The summed E-state index contributed by atoms with van der Waals surface area (Å²) in [6, 6.07) is 6.17. The monoisotopic (exact) mass is 408 g/mol. The molecule has 2 aromatic heterocycles. The number of hydrogen-bond acceptors (Lipinski definition) is 3. The van der Waals surface area contributed by atoms with E-state index in [1.54, 1.807) is 12.1 Å². The van der Waals surface area contributed by atoms with Crippen molar-refractivity contribution in [3.05, 3.63) is 57.9 Å². The van der Waals surface area contributed by atoms with Crippen LogP contribution in [0.5, 0.6) is 5.75 Å². The SMILES string of the molecule is COCOc1c[n+]([O-])cc2c1c(Br)c(C(C)C)n2-c1ccc(F)cc1. The number of aromatic nitrogens is 2. The number of nitrogens with zero attached hydrogens (tertiary/aromatic N) is 2. The lowest BCUT2D eigenvalue weighted by Crippen LogP contribution is -2.25. The third-order valence-electron chi connectivity index (χ3n) is 3.89. The van der Waals surface area contributed by atoms with Crippen molar-refractivity contribution >= 4 is 26.8 Å². The highest BCUT2D eigenvalue weighted by Crippen LogP contribution is 2.41. The van der Waals surface area contributed by atoms with Crippen LogP contribution in [0.4, 0.5) is 4.39 Å². The fourth-order valence-corrected chi connectivity index (χ4v) is 3.92. The van der Waals surface area contributed by atoms with Crippen LogP contribution in [-0.4, -0.2) is 18.5 Å². The van der Waals surface area contributed by atoms with Crippen molar-refractivity contribution in [2.45, 2.75) is 19.8 Å². The van der Waals surface area contributed by atoms with Crippen LogP contribution in [0.1, 0.15) is 25.5 Å². The fraction of sp³-hybridized carbons (Fsp3) is 0.278. The molecule has 0 aliphatic rings. The van der Waals surface area contributed by atoms with Gasteiger partial charge in [0.25, 0.3) is 0 Å². The van der Waals surface area contributed by atoms with Gasteiger partial charge in [0.15, 0.2) is 12.5 Å². The quantitative estimate of drug-likeness (QED) is 0.359. The Hall–Kier alpha value is -2.12. The summed E-state index contributed by atoms with van der Waals surface area (Å²) in [7, 11) is 1.52. The first kappa shape index (κ1) is 17.7. The lowest BCUT2D eigenvalue weighted by Gasteiger charge is -2.13. The molecule has 0 saturated heterocycles. The number of rotatable bonds is 5. The molecule has 0 N–H and O–H groups in total. The van der Waals surface area contributed by atoms with E-state index in [1.165, 1.54) is 31.6 Å². The van der Waals surface area contributed by atoms with Gasteiger partial charge in [-0.3, -0.25) is 0 Å². The number of fused-ring (bicyclic) bond motifs is 1. The molecule has 132 valence electrons. The minimum atomic E-state index is -0.312. The van der Waals surface area contributed by atoms with Gasteiger partial charge in [-0.2, -0.15) is 4.73 Å². The summed E-state index contributed by atoms with van der Waals surface area (Å²) in [5.74, 6) is 0.263. The van der Waals surface area contributed by atoms with Crippen LogP contribution in [0.2, 0.25) is 0 Å². The molecule has 3 aromatic rings. The van der Waals surface area contributed by atoms with Crippen LogP contribution in [0.15, 0.2) is 41.1 Å². The first-order chi connectivity index (χ1) is 11.9. The van der Waals surface area contributed by atoms with Crippen molar-refractivity contribution in [3.63, 3.8) is 0 Å². The molecule has 0 aliphatic carbocycles. The predicted molar refractivity (Wildman–Crippen MR) is 96.5 cm³/mol. The second kappa shape index (κ2) is 7.01. The van der Waals surface area contributed by atoms with Crippen LogP contribution in [0, 0.1) is 11.0 Å². The molecule has 7 heteroatoms. The molecular weight excluding hydrogens is 391 g/mol. The van der Waals surface area contributed by atoms with Gasteiger partial charge in [-0.15, -0.1) is 0 Å². The molecular formula is C18H18BrFN2O3. The minimum absolute atomic E-state index is 0.0320. The molecule has 5 nitrogen and oxygen atoms in total. The summed E-state index contributed by atoms with van der Waals surface area (Å²) in [4.78, 5) is 0. The lowest BCUT2D eigenvalue weighted by molar-refractivity contribution is -0.604. The van der Waals surface area contributed by atoms with E-state index >= 15 is 0 Å². The van der Waals surface area contributed by atoms with Gasteiger partial charge in [-0.25, -0.2) is 4.39 Å². The van der Waals surface area contributed by atoms with Gasteiger partial charge < -0.3 is 19.2 Å². The van der Waals surface area contributed by atoms with Gasteiger partial charge in [0.2, 0.25) is 12.4 Å². The summed E-state index contributed by atoms with van der Waals surface area (Å²) < 4.78 is 27.4. The third kappa shape index (κ3) is 3.21. The standard InChI is InChI=1S/C18H18BrFN2O3/c1-11(2)18-17(19)16-14(8-21(23)9-15(16)25-10-24-3)22(18)13-6-4-12(20)5-7-13/h4-9,11H,10H2,1-3H3. The number of benzene rings is 1. The molecule has 0 spiro atoms. The Kier molecular flexibility index (Phi) is 4.96. The van der Waals surface area contributed by atoms with Crippen molar-refractivity contribution < 1.29 is 18.6 Å². The molecule has 0 amide bonds. The maximum Gasteiger partial charge on any atom is 0.223 e. The molecule has 0 unspecified atom stereocenters. The van der Waals surface area contributed by atoms with E-state index in [1.807, 2.05) is 4.57 Å². The van der Waals surface area contributed by atoms with E-state index in [2.05, 4.69) is 29.8 Å². The van der Waals surface area contributed by atoms with Gasteiger partial charge in [0.05, 0.1) is 9.86 Å². The molecule has 0 atom stereocenters. The first-order valence-corrected chi connectivity index (χ1v) is 8.57. The molecule has 0 fully saturated rings. The van der Waals surface area contributed by atoms with Gasteiger partial charge in [-0.05, 0) is 46.1 Å². The van der Waals surface area contributed by atoms with Crippen LogP contribution in [0.25, 0.3) is 16.6 Å². The molecule has 0 bridgehead atoms. The van der Waals surface area contributed by atoms with Gasteiger partial charge in [0, 0.05) is 18.5 Å². The second-order valence-electron chi connectivity index (χ2n) is 5.96. The Morgan fingerprint density at radius 1 is 1.24 bits per heavy atom. The van der Waals surface area contributed by atoms with Crippen LogP contribution in [0.3, 0.4) is 0 Å². The maximum atomic E-state index is 13.3. The highest BCUT2D eigenvalue weighted by atomic mass is 79.9. The number of hydrogen-bond donors (Lipinski definition) is 0. The molecule has 0 saturated carbocycles. The minimum Gasteiger partial charge on any atom is -0.619 e. The smallest absolute Gasteiger partial charge is 0.223 e. The molecule has 25 heavy (non-hydrogen) atoms. The second-order valence-corrected chi connectivity index (χ2v) is 6.75. The maximum absolute atomic E-state index is 13.3. The number of halogens is 2. The van der Waals surface area contributed by atoms with E-state index in [-0.39, 0.29) is 18.5 Å². The number of methoxy groups -OCH3 is 1. The summed E-state index contributed by atoms with van der Waals surface area (Å²) in [6.45, 7) is 4.14. The summed E-state index contributed by atoms with van der Waals surface area (Å²) in [5.41, 5.74) is 2.41. The third-order valence-corrected chi connectivity index (χ3v) is 4.69. The van der Waals surface area contributed by atoms with Crippen LogP contribution in [-0.2, 0) is 4.74 Å². The van der Waals surface area contributed by atoms with Gasteiger partial charge in [-0.1, -0.05) is 13.8 Å². The van der Waals surface area contributed by atoms with E-state index in [9.17, 15) is 9.60 Å². The normalized spacial score (nSPS) is 11.4. The first-order valence-electron chi connectivity index (χ1n) is 7.78. The Labute approximate surface area is 153 Å². The largest absolute Gasteiger partial charge is 0.619 e. The highest BCUT2D eigenvalue weighted by molar-refractivity contribution is 9.10. The number of ether oxygens (including phenoxy) is 2.